The fraction of sp³-hybridized carbons (Fsp3) is 0.667. The zero-order chi connectivity index (χ0) is 14.0. The van der Waals surface area contributed by atoms with Crippen LogP contribution in [0.2, 0.25) is 0 Å². The highest BCUT2D eigenvalue weighted by atomic mass is 16.5. The van der Waals surface area contributed by atoms with Gasteiger partial charge in [-0.05, 0) is 55.4 Å². The van der Waals surface area contributed by atoms with Gasteiger partial charge in [-0.3, -0.25) is 0 Å². The van der Waals surface area contributed by atoms with E-state index in [0.29, 0.717) is 5.41 Å². The molecule has 1 aliphatic carbocycles. The molecule has 1 aromatic carbocycles. The number of anilines is 1. The van der Waals surface area contributed by atoms with E-state index in [2.05, 4.69) is 37.4 Å². The van der Waals surface area contributed by atoms with Crippen molar-refractivity contribution in [3.05, 3.63) is 23.8 Å². The molecule has 0 unspecified atom stereocenters. The SMILES string of the molecule is CC1CCC(C)(COc2ccc3c(c2)CCCN3)CC1. The molecule has 2 nitrogen and oxygen atoms in total. The molecule has 1 fully saturated rings. The third-order valence-corrected chi connectivity index (χ3v) is 5.08. The Morgan fingerprint density at radius 3 is 2.90 bits per heavy atom. The Bertz CT molecular complexity index is 460. The predicted octanol–water partition coefficient (Wildman–Crippen LogP) is 4.64. The van der Waals surface area contributed by atoms with E-state index in [9.17, 15) is 0 Å². The summed E-state index contributed by atoms with van der Waals surface area (Å²) in [6, 6.07) is 6.53. The number of aryl methyl sites for hydroxylation is 1. The van der Waals surface area contributed by atoms with Crippen LogP contribution in [-0.4, -0.2) is 13.2 Å². The van der Waals surface area contributed by atoms with Crippen LogP contribution in [0.4, 0.5) is 5.69 Å². The van der Waals surface area contributed by atoms with E-state index < -0.39 is 0 Å². The summed E-state index contributed by atoms with van der Waals surface area (Å²) in [5, 5.41) is 3.45. The van der Waals surface area contributed by atoms with E-state index in [1.807, 2.05) is 0 Å². The van der Waals surface area contributed by atoms with Gasteiger partial charge in [-0.25, -0.2) is 0 Å². The number of hydrogen-bond donors (Lipinski definition) is 1. The molecule has 2 heteroatoms. The Kier molecular flexibility index (Phi) is 3.91. The molecule has 0 radical (unpaired) electrons. The summed E-state index contributed by atoms with van der Waals surface area (Å²) < 4.78 is 6.12. The van der Waals surface area contributed by atoms with E-state index in [1.54, 1.807) is 0 Å². The third-order valence-electron chi connectivity index (χ3n) is 5.08. The topological polar surface area (TPSA) is 21.3 Å². The fourth-order valence-electron chi connectivity index (χ4n) is 3.40. The van der Waals surface area contributed by atoms with E-state index in [0.717, 1.165) is 24.8 Å². The van der Waals surface area contributed by atoms with E-state index in [-0.39, 0.29) is 0 Å². The number of fused-ring (bicyclic) bond motifs is 1. The van der Waals surface area contributed by atoms with Crippen LogP contribution in [0.5, 0.6) is 5.75 Å². The molecule has 0 spiro atoms. The van der Waals surface area contributed by atoms with Crippen molar-refractivity contribution < 1.29 is 4.74 Å². The second kappa shape index (κ2) is 5.67. The van der Waals surface area contributed by atoms with Crippen LogP contribution < -0.4 is 10.1 Å². The summed E-state index contributed by atoms with van der Waals surface area (Å²) in [5.74, 6) is 1.95. The van der Waals surface area contributed by atoms with Gasteiger partial charge >= 0.3 is 0 Å². The zero-order valence-electron chi connectivity index (χ0n) is 12.9. The van der Waals surface area contributed by atoms with Crippen LogP contribution in [-0.2, 0) is 6.42 Å². The van der Waals surface area contributed by atoms with Crippen molar-refractivity contribution >= 4 is 5.69 Å². The number of ether oxygens (including phenoxy) is 1. The van der Waals surface area contributed by atoms with Crippen LogP contribution in [0.1, 0.15) is 51.5 Å². The normalized spacial score (nSPS) is 29.4. The van der Waals surface area contributed by atoms with Crippen LogP contribution in [0.15, 0.2) is 18.2 Å². The Morgan fingerprint density at radius 1 is 1.30 bits per heavy atom. The molecule has 0 saturated heterocycles. The molecule has 1 N–H and O–H groups in total. The molecular formula is C18H27NO. The molecule has 1 heterocycles. The average molecular weight is 273 g/mol. The molecule has 110 valence electrons. The van der Waals surface area contributed by atoms with Gasteiger partial charge in [0, 0.05) is 17.6 Å². The minimum absolute atomic E-state index is 0.376. The maximum atomic E-state index is 6.12. The second-order valence-corrected chi connectivity index (χ2v) is 7.13. The molecule has 0 aromatic heterocycles. The highest BCUT2D eigenvalue weighted by Gasteiger charge is 2.30. The van der Waals surface area contributed by atoms with Gasteiger partial charge in [-0.2, -0.15) is 0 Å². The summed E-state index contributed by atoms with van der Waals surface area (Å²) in [6.45, 7) is 6.73. The summed E-state index contributed by atoms with van der Waals surface area (Å²) in [5.41, 5.74) is 3.08. The largest absolute Gasteiger partial charge is 0.493 e. The van der Waals surface area contributed by atoms with Gasteiger partial charge in [0.1, 0.15) is 5.75 Å². The lowest BCUT2D eigenvalue weighted by molar-refractivity contribution is 0.0981. The first-order valence-corrected chi connectivity index (χ1v) is 8.14. The first-order chi connectivity index (χ1) is 9.65. The van der Waals surface area contributed by atoms with Gasteiger partial charge < -0.3 is 10.1 Å². The van der Waals surface area contributed by atoms with Crippen molar-refractivity contribution in [2.24, 2.45) is 11.3 Å². The second-order valence-electron chi connectivity index (χ2n) is 7.13. The van der Waals surface area contributed by atoms with Crippen molar-refractivity contribution in [3.63, 3.8) is 0 Å². The monoisotopic (exact) mass is 273 g/mol. The lowest BCUT2D eigenvalue weighted by Crippen LogP contribution is -2.30. The first kappa shape index (κ1) is 13.8. The summed E-state index contributed by atoms with van der Waals surface area (Å²) in [4.78, 5) is 0. The molecule has 1 aromatic rings. The Labute approximate surface area is 122 Å². The van der Waals surface area contributed by atoms with E-state index in [4.69, 9.17) is 4.74 Å². The number of nitrogens with one attached hydrogen (secondary N) is 1. The molecule has 0 amide bonds. The number of benzene rings is 1. The standard InChI is InChI=1S/C18H27NO/c1-14-7-9-18(2,10-8-14)13-20-16-5-6-17-15(12-16)4-3-11-19-17/h5-6,12,14,19H,3-4,7-11,13H2,1-2H3. The maximum absolute atomic E-state index is 6.12. The van der Waals surface area contributed by atoms with E-state index >= 15 is 0 Å². The maximum Gasteiger partial charge on any atom is 0.119 e. The Hall–Kier alpha value is -1.18. The summed E-state index contributed by atoms with van der Waals surface area (Å²) >= 11 is 0. The fourth-order valence-corrected chi connectivity index (χ4v) is 3.40. The lowest BCUT2D eigenvalue weighted by Gasteiger charge is -2.36. The molecule has 0 bridgehead atoms. The van der Waals surface area contributed by atoms with Crippen molar-refractivity contribution in [3.8, 4) is 5.75 Å². The highest BCUT2D eigenvalue weighted by Crippen LogP contribution is 2.39. The molecule has 20 heavy (non-hydrogen) atoms. The van der Waals surface area contributed by atoms with Gasteiger partial charge in [-0.15, -0.1) is 0 Å². The van der Waals surface area contributed by atoms with Crippen LogP contribution in [0.25, 0.3) is 0 Å². The molecule has 3 rings (SSSR count). The van der Waals surface area contributed by atoms with Crippen LogP contribution >= 0.6 is 0 Å². The minimum Gasteiger partial charge on any atom is -0.493 e. The number of hydrogen-bond acceptors (Lipinski definition) is 2. The van der Waals surface area contributed by atoms with Gasteiger partial charge in [-0.1, -0.05) is 26.7 Å². The van der Waals surface area contributed by atoms with Gasteiger partial charge in [0.05, 0.1) is 6.61 Å². The minimum atomic E-state index is 0.376. The Morgan fingerprint density at radius 2 is 2.10 bits per heavy atom. The molecule has 2 aliphatic rings. The summed E-state index contributed by atoms with van der Waals surface area (Å²) in [6.07, 6.45) is 7.73. The average Bonchev–Trinajstić information content (AvgIpc) is 2.48. The quantitative estimate of drug-likeness (QED) is 0.866. The van der Waals surface area contributed by atoms with Crippen molar-refractivity contribution in [1.82, 2.24) is 0 Å². The van der Waals surface area contributed by atoms with Crippen LogP contribution in [0, 0.1) is 11.3 Å². The van der Waals surface area contributed by atoms with Gasteiger partial charge in [0.25, 0.3) is 0 Å². The Balaban J connectivity index is 1.61. The van der Waals surface area contributed by atoms with Gasteiger partial charge in [0.2, 0.25) is 0 Å². The lowest BCUT2D eigenvalue weighted by atomic mass is 9.73. The van der Waals surface area contributed by atoms with Crippen molar-refractivity contribution in [2.45, 2.75) is 52.4 Å². The predicted molar refractivity (Wildman–Crippen MR) is 84.5 cm³/mol. The smallest absolute Gasteiger partial charge is 0.119 e. The first-order valence-electron chi connectivity index (χ1n) is 8.14. The molecule has 1 aliphatic heterocycles. The van der Waals surface area contributed by atoms with Crippen molar-refractivity contribution in [2.75, 3.05) is 18.5 Å². The highest BCUT2D eigenvalue weighted by molar-refractivity contribution is 5.55. The molecule has 0 atom stereocenters. The van der Waals surface area contributed by atoms with Crippen molar-refractivity contribution in [1.29, 1.82) is 0 Å². The third kappa shape index (κ3) is 3.11. The van der Waals surface area contributed by atoms with E-state index in [1.165, 1.54) is 49.8 Å². The summed E-state index contributed by atoms with van der Waals surface area (Å²) in [7, 11) is 0. The molecular weight excluding hydrogens is 246 g/mol. The zero-order valence-corrected chi connectivity index (χ0v) is 12.9. The number of rotatable bonds is 3. The van der Waals surface area contributed by atoms with Crippen LogP contribution in [0.3, 0.4) is 0 Å². The van der Waals surface area contributed by atoms with Gasteiger partial charge in [0.15, 0.2) is 0 Å². The molecule has 1 saturated carbocycles.